The molecule has 3 N–H and O–H groups in total. The van der Waals surface area contributed by atoms with Crippen molar-refractivity contribution in [1.82, 2.24) is 0 Å². The minimum absolute atomic E-state index is 1.16. The van der Waals surface area contributed by atoms with Gasteiger partial charge in [-0.2, -0.15) is 0 Å². The van der Waals surface area contributed by atoms with Crippen LogP contribution < -0.4 is 5.32 Å². The van der Waals surface area contributed by atoms with E-state index in [1.54, 1.807) is 0 Å². The summed E-state index contributed by atoms with van der Waals surface area (Å²) in [5.41, 5.74) is 1.16. The fourth-order valence-electron chi connectivity index (χ4n) is 0.605. The fourth-order valence-corrected chi connectivity index (χ4v) is 0.605. The van der Waals surface area contributed by atoms with Gasteiger partial charge >= 0.3 is 11.9 Å². The van der Waals surface area contributed by atoms with Crippen LogP contribution in [0.1, 0.15) is 0 Å². The molecule has 0 unspecified atom stereocenters. The number of aliphatic carboxylic acids is 2. The summed E-state index contributed by atoms with van der Waals surface area (Å²) in [6.45, 7) is 0. The van der Waals surface area contributed by atoms with Crippen LogP contribution in [-0.4, -0.2) is 29.2 Å². The summed E-state index contributed by atoms with van der Waals surface area (Å²) in [5, 5.41) is 17.8. The van der Waals surface area contributed by atoms with Crippen LogP contribution in [0.5, 0.6) is 0 Å². The fraction of sp³-hybridized carbons (Fsp3) is 0.111. The zero-order chi connectivity index (χ0) is 11.0. The van der Waals surface area contributed by atoms with Gasteiger partial charge in [0.1, 0.15) is 0 Å². The summed E-state index contributed by atoms with van der Waals surface area (Å²) in [6, 6.07) is 10.1. The molecule has 5 heteroatoms. The summed E-state index contributed by atoms with van der Waals surface area (Å²) >= 11 is 0. The third-order valence-corrected chi connectivity index (χ3v) is 1.25. The van der Waals surface area contributed by atoms with Crippen LogP contribution in [-0.2, 0) is 9.59 Å². The minimum atomic E-state index is -1.82. The molecular formula is C9H11NO4. The smallest absolute Gasteiger partial charge is 0.414 e. The second-order valence-electron chi connectivity index (χ2n) is 2.23. The Kier molecular flexibility index (Phi) is 5.53. The Morgan fingerprint density at radius 1 is 1.07 bits per heavy atom. The van der Waals surface area contributed by atoms with E-state index in [-0.39, 0.29) is 0 Å². The van der Waals surface area contributed by atoms with Crippen LogP contribution >= 0.6 is 0 Å². The lowest BCUT2D eigenvalue weighted by atomic mass is 10.3. The average Bonchev–Trinajstić information content (AvgIpc) is 2.20. The quantitative estimate of drug-likeness (QED) is 0.582. The van der Waals surface area contributed by atoms with Crippen LogP contribution in [0.25, 0.3) is 0 Å². The molecule has 0 aromatic heterocycles. The predicted octanol–water partition coefficient (Wildman–Crippen LogP) is 0.884. The number of carboxylic acids is 2. The van der Waals surface area contributed by atoms with E-state index in [1.807, 2.05) is 37.4 Å². The van der Waals surface area contributed by atoms with Crippen LogP contribution in [0.15, 0.2) is 30.3 Å². The van der Waals surface area contributed by atoms with Gasteiger partial charge in [0, 0.05) is 12.7 Å². The number of rotatable bonds is 1. The molecule has 0 spiro atoms. The van der Waals surface area contributed by atoms with Crippen molar-refractivity contribution in [2.24, 2.45) is 0 Å². The molecule has 0 aliphatic carbocycles. The summed E-state index contributed by atoms with van der Waals surface area (Å²) in [4.78, 5) is 18.2. The predicted molar refractivity (Wildman–Crippen MR) is 51.3 cm³/mol. The normalized spacial score (nSPS) is 8.07. The standard InChI is InChI=1S/C7H9N.C2H2O4/c1-8-7-5-3-2-4-6-7;3-1(4)2(5)6/h2-6,8H,1H3;(H,3,4)(H,5,6). The van der Waals surface area contributed by atoms with Crippen molar-refractivity contribution in [2.75, 3.05) is 12.4 Å². The maximum Gasteiger partial charge on any atom is 0.414 e. The van der Waals surface area contributed by atoms with Gasteiger partial charge in [0.05, 0.1) is 0 Å². The van der Waals surface area contributed by atoms with Crippen molar-refractivity contribution < 1.29 is 19.8 Å². The zero-order valence-corrected chi connectivity index (χ0v) is 7.60. The molecule has 0 fully saturated rings. The first-order valence-electron chi connectivity index (χ1n) is 3.77. The van der Waals surface area contributed by atoms with Crippen LogP contribution in [0.2, 0.25) is 0 Å². The average molecular weight is 197 g/mol. The van der Waals surface area contributed by atoms with E-state index in [4.69, 9.17) is 19.8 Å². The maximum absolute atomic E-state index is 9.10. The third kappa shape index (κ3) is 5.59. The monoisotopic (exact) mass is 197 g/mol. The first-order chi connectivity index (χ1) is 6.57. The summed E-state index contributed by atoms with van der Waals surface area (Å²) in [6.07, 6.45) is 0. The van der Waals surface area contributed by atoms with Crippen LogP contribution in [0.3, 0.4) is 0 Å². The molecule has 1 rings (SSSR count). The molecule has 14 heavy (non-hydrogen) atoms. The molecule has 0 saturated heterocycles. The highest BCUT2D eigenvalue weighted by Gasteiger charge is 2.04. The van der Waals surface area contributed by atoms with Crippen molar-refractivity contribution in [2.45, 2.75) is 0 Å². The van der Waals surface area contributed by atoms with Gasteiger partial charge in [-0.05, 0) is 12.1 Å². The number of para-hydroxylation sites is 1. The molecule has 0 aliphatic rings. The highest BCUT2D eigenvalue weighted by Crippen LogP contribution is 2.01. The molecule has 0 saturated carbocycles. The Morgan fingerprint density at radius 3 is 1.71 bits per heavy atom. The topological polar surface area (TPSA) is 86.6 Å². The van der Waals surface area contributed by atoms with Gasteiger partial charge in [-0.15, -0.1) is 0 Å². The highest BCUT2D eigenvalue weighted by atomic mass is 16.4. The largest absolute Gasteiger partial charge is 0.473 e. The van der Waals surface area contributed by atoms with Crippen molar-refractivity contribution in [3.05, 3.63) is 30.3 Å². The van der Waals surface area contributed by atoms with Crippen molar-refractivity contribution in [3.63, 3.8) is 0 Å². The van der Waals surface area contributed by atoms with E-state index < -0.39 is 11.9 Å². The van der Waals surface area contributed by atoms with Crippen molar-refractivity contribution in [3.8, 4) is 0 Å². The van der Waals surface area contributed by atoms with Gasteiger partial charge in [-0.1, -0.05) is 18.2 Å². The highest BCUT2D eigenvalue weighted by molar-refractivity contribution is 6.27. The molecule has 0 radical (unpaired) electrons. The lowest BCUT2D eigenvalue weighted by Gasteiger charge is -1.94. The van der Waals surface area contributed by atoms with E-state index >= 15 is 0 Å². The van der Waals surface area contributed by atoms with E-state index in [2.05, 4.69) is 5.32 Å². The van der Waals surface area contributed by atoms with Crippen molar-refractivity contribution >= 4 is 17.6 Å². The van der Waals surface area contributed by atoms with Gasteiger partial charge in [-0.25, -0.2) is 9.59 Å². The Balaban J connectivity index is 0.000000255. The molecular weight excluding hydrogens is 186 g/mol. The third-order valence-electron chi connectivity index (χ3n) is 1.25. The number of anilines is 1. The lowest BCUT2D eigenvalue weighted by molar-refractivity contribution is -0.159. The SMILES string of the molecule is CNc1ccccc1.O=C(O)C(=O)O. The lowest BCUT2D eigenvalue weighted by Crippen LogP contribution is -2.09. The molecule has 0 atom stereocenters. The summed E-state index contributed by atoms with van der Waals surface area (Å²) < 4.78 is 0. The summed E-state index contributed by atoms with van der Waals surface area (Å²) in [5.74, 6) is -3.65. The Hall–Kier alpha value is -2.04. The summed E-state index contributed by atoms with van der Waals surface area (Å²) in [7, 11) is 1.91. The number of carboxylic acid groups (broad SMARTS) is 2. The van der Waals surface area contributed by atoms with Crippen LogP contribution in [0.4, 0.5) is 5.69 Å². The number of nitrogens with one attached hydrogen (secondary N) is 1. The molecule has 76 valence electrons. The molecule has 1 aromatic rings. The molecule has 0 aliphatic heterocycles. The molecule has 0 amide bonds. The van der Waals surface area contributed by atoms with Gasteiger partial charge in [0.15, 0.2) is 0 Å². The number of carbonyl (C=O) groups is 2. The molecule has 5 nitrogen and oxygen atoms in total. The number of benzene rings is 1. The van der Waals surface area contributed by atoms with Gasteiger partial charge < -0.3 is 15.5 Å². The first kappa shape index (κ1) is 12.0. The Bertz CT molecular complexity index is 285. The maximum atomic E-state index is 9.10. The van der Waals surface area contributed by atoms with Gasteiger partial charge in [-0.3, -0.25) is 0 Å². The van der Waals surface area contributed by atoms with E-state index in [0.717, 1.165) is 5.69 Å². The van der Waals surface area contributed by atoms with E-state index in [0.29, 0.717) is 0 Å². The van der Waals surface area contributed by atoms with E-state index in [9.17, 15) is 0 Å². The zero-order valence-electron chi connectivity index (χ0n) is 7.60. The molecule has 0 bridgehead atoms. The van der Waals surface area contributed by atoms with Gasteiger partial charge in [0.2, 0.25) is 0 Å². The second kappa shape index (κ2) is 6.47. The van der Waals surface area contributed by atoms with E-state index in [1.165, 1.54) is 0 Å². The Morgan fingerprint density at radius 2 is 1.50 bits per heavy atom. The van der Waals surface area contributed by atoms with Gasteiger partial charge in [0.25, 0.3) is 0 Å². The minimum Gasteiger partial charge on any atom is -0.473 e. The Labute approximate surface area is 81.0 Å². The van der Waals surface area contributed by atoms with Crippen molar-refractivity contribution in [1.29, 1.82) is 0 Å². The first-order valence-corrected chi connectivity index (χ1v) is 3.77. The molecule has 1 aromatic carbocycles. The second-order valence-corrected chi connectivity index (χ2v) is 2.23. The number of hydrogen-bond donors (Lipinski definition) is 3. The number of hydrogen-bond acceptors (Lipinski definition) is 3. The molecule has 0 heterocycles. The van der Waals surface area contributed by atoms with Crippen LogP contribution in [0, 0.1) is 0 Å².